The molecule has 0 heterocycles. The summed E-state index contributed by atoms with van der Waals surface area (Å²) in [4.78, 5) is 0. The molecule has 0 fully saturated rings. The fourth-order valence-corrected chi connectivity index (χ4v) is 0.997. The van der Waals surface area contributed by atoms with E-state index in [1.807, 2.05) is 6.92 Å². The fraction of sp³-hybridized carbons (Fsp3) is 0.300. The van der Waals surface area contributed by atoms with E-state index in [9.17, 15) is 13.2 Å². The van der Waals surface area contributed by atoms with Crippen molar-refractivity contribution < 1.29 is 13.2 Å². The van der Waals surface area contributed by atoms with Crippen LogP contribution in [0.1, 0.15) is 18.1 Å². The Morgan fingerprint density at radius 1 is 1.23 bits per heavy atom. The van der Waals surface area contributed by atoms with Crippen LogP contribution in [0.2, 0.25) is 0 Å². The number of halogens is 3. The largest absolute Gasteiger partial charge is 0.301 e. The SMILES string of the molecule is C[CH]c1ccc(C(F)(F)CF)cc1. The van der Waals surface area contributed by atoms with E-state index >= 15 is 0 Å². The molecule has 1 aromatic carbocycles. The predicted octanol–water partition coefficient (Wildman–Crippen LogP) is 3.32. The van der Waals surface area contributed by atoms with Crippen molar-refractivity contribution in [1.82, 2.24) is 0 Å². The van der Waals surface area contributed by atoms with E-state index in [1.54, 1.807) is 18.6 Å². The highest BCUT2D eigenvalue weighted by Crippen LogP contribution is 2.28. The van der Waals surface area contributed by atoms with Gasteiger partial charge in [0.15, 0.2) is 6.67 Å². The molecule has 0 aliphatic heterocycles. The second-order valence-electron chi connectivity index (χ2n) is 2.75. The van der Waals surface area contributed by atoms with Gasteiger partial charge < -0.3 is 0 Å². The van der Waals surface area contributed by atoms with E-state index in [-0.39, 0.29) is 5.56 Å². The number of hydrogen-bond donors (Lipinski definition) is 0. The third-order valence-electron chi connectivity index (χ3n) is 1.83. The molecule has 0 amide bonds. The van der Waals surface area contributed by atoms with Crippen molar-refractivity contribution in [3.8, 4) is 0 Å². The minimum absolute atomic E-state index is 0.277. The van der Waals surface area contributed by atoms with Crippen LogP contribution in [0.4, 0.5) is 13.2 Å². The maximum Gasteiger partial charge on any atom is 0.301 e. The minimum atomic E-state index is -3.35. The molecule has 0 aromatic heterocycles. The van der Waals surface area contributed by atoms with Crippen molar-refractivity contribution in [1.29, 1.82) is 0 Å². The summed E-state index contributed by atoms with van der Waals surface area (Å²) in [5, 5.41) is 0. The molecule has 0 unspecified atom stereocenters. The van der Waals surface area contributed by atoms with Crippen LogP contribution in [0.15, 0.2) is 24.3 Å². The highest BCUT2D eigenvalue weighted by atomic mass is 19.3. The lowest BCUT2D eigenvalue weighted by Crippen LogP contribution is -2.15. The molecule has 1 aromatic rings. The van der Waals surface area contributed by atoms with Gasteiger partial charge in [-0.1, -0.05) is 31.2 Å². The molecule has 0 saturated carbocycles. The summed E-state index contributed by atoms with van der Waals surface area (Å²) in [5.41, 5.74) is 0.569. The van der Waals surface area contributed by atoms with Gasteiger partial charge in [0.1, 0.15) is 0 Å². The molecular weight excluding hydrogens is 177 g/mol. The monoisotopic (exact) mass is 187 g/mol. The molecule has 0 aliphatic carbocycles. The molecule has 71 valence electrons. The zero-order chi connectivity index (χ0) is 9.90. The summed E-state index contributed by atoms with van der Waals surface area (Å²) < 4.78 is 37.4. The van der Waals surface area contributed by atoms with Gasteiger partial charge in [0, 0.05) is 5.56 Å². The molecule has 3 heteroatoms. The van der Waals surface area contributed by atoms with Gasteiger partial charge in [0.05, 0.1) is 0 Å². The molecule has 0 bridgehead atoms. The molecule has 0 saturated heterocycles. The van der Waals surface area contributed by atoms with Gasteiger partial charge in [-0.05, 0) is 12.0 Å². The molecule has 0 atom stereocenters. The highest BCUT2D eigenvalue weighted by molar-refractivity contribution is 5.29. The second kappa shape index (κ2) is 3.81. The molecule has 0 aliphatic rings. The number of rotatable bonds is 3. The van der Waals surface area contributed by atoms with Crippen molar-refractivity contribution in [2.24, 2.45) is 0 Å². The van der Waals surface area contributed by atoms with E-state index in [0.717, 1.165) is 5.56 Å². The van der Waals surface area contributed by atoms with Gasteiger partial charge in [-0.15, -0.1) is 0 Å². The smallest absolute Gasteiger partial charge is 0.244 e. The van der Waals surface area contributed by atoms with Crippen molar-refractivity contribution in [3.63, 3.8) is 0 Å². The topological polar surface area (TPSA) is 0 Å². The summed E-state index contributed by atoms with van der Waals surface area (Å²) >= 11 is 0. The van der Waals surface area contributed by atoms with Crippen LogP contribution in [-0.2, 0) is 5.92 Å². The summed E-state index contributed by atoms with van der Waals surface area (Å²) in [7, 11) is 0. The fourth-order valence-electron chi connectivity index (χ4n) is 0.997. The summed E-state index contributed by atoms with van der Waals surface area (Å²) in [6, 6.07) is 5.57. The van der Waals surface area contributed by atoms with Crippen LogP contribution in [0, 0.1) is 6.42 Å². The zero-order valence-electron chi connectivity index (χ0n) is 7.23. The molecule has 0 nitrogen and oxygen atoms in total. The number of benzene rings is 1. The van der Waals surface area contributed by atoms with E-state index in [4.69, 9.17) is 0 Å². The average Bonchev–Trinajstić information content (AvgIpc) is 2.18. The van der Waals surface area contributed by atoms with E-state index < -0.39 is 12.6 Å². The van der Waals surface area contributed by atoms with Gasteiger partial charge in [-0.25, -0.2) is 4.39 Å². The van der Waals surface area contributed by atoms with Crippen molar-refractivity contribution in [2.75, 3.05) is 6.67 Å². The normalized spacial score (nSPS) is 11.7. The van der Waals surface area contributed by atoms with E-state index in [0.29, 0.717) is 0 Å². The lowest BCUT2D eigenvalue weighted by Gasteiger charge is -2.12. The zero-order valence-corrected chi connectivity index (χ0v) is 7.23. The van der Waals surface area contributed by atoms with E-state index in [2.05, 4.69) is 0 Å². The Hall–Kier alpha value is -0.990. The van der Waals surface area contributed by atoms with Crippen LogP contribution in [0.5, 0.6) is 0 Å². The van der Waals surface area contributed by atoms with Crippen LogP contribution < -0.4 is 0 Å². The van der Waals surface area contributed by atoms with Crippen LogP contribution in [0.3, 0.4) is 0 Å². The van der Waals surface area contributed by atoms with Crippen LogP contribution in [-0.4, -0.2) is 6.67 Å². The minimum Gasteiger partial charge on any atom is -0.244 e. The summed E-state index contributed by atoms with van der Waals surface area (Å²) in [6.07, 6.45) is 1.79. The van der Waals surface area contributed by atoms with Crippen molar-refractivity contribution in [2.45, 2.75) is 12.8 Å². The Kier molecular flexibility index (Phi) is 2.96. The van der Waals surface area contributed by atoms with Gasteiger partial charge in [0.2, 0.25) is 0 Å². The predicted molar refractivity (Wildman–Crippen MR) is 45.4 cm³/mol. The Bertz CT molecular complexity index is 264. The second-order valence-corrected chi connectivity index (χ2v) is 2.75. The van der Waals surface area contributed by atoms with Crippen LogP contribution in [0.25, 0.3) is 0 Å². The first-order valence-electron chi connectivity index (χ1n) is 3.94. The Morgan fingerprint density at radius 2 is 1.77 bits per heavy atom. The van der Waals surface area contributed by atoms with Gasteiger partial charge >= 0.3 is 5.92 Å². The van der Waals surface area contributed by atoms with Gasteiger partial charge in [-0.2, -0.15) is 8.78 Å². The summed E-state index contributed by atoms with van der Waals surface area (Å²) in [5.74, 6) is -3.35. The molecule has 13 heavy (non-hydrogen) atoms. The maximum atomic E-state index is 12.7. The lowest BCUT2D eigenvalue weighted by molar-refractivity contribution is -0.0280. The number of hydrogen-bond acceptors (Lipinski definition) is 0. The standard InChI is InChI=1S/C10H10F3/c1-2-8-3-5-9(6-4-8)10(12,13)7-11/h2-6H,7H2,1H3. The molecule has 1 rings (SSSR count). The van der Waals surface area contributed by atoms with Gasteiger partial charge in [0.25, 0.3) is 0 Å². The van der Waals surface area contributed by atoms with Crippen LogP contribution >= 0.6 is 0 Å². The average molecular weight is 187 g/mol. The summed E-state index contributed by atoms with van der Waals surface area (Å²) in [6.45, 7) is 0.157. The Labute approximate surface area is 75.4 Å². The molecule has 1 radical (unpaired) electrons. The molecule has 0 spiro atoms. The molecule has 0 N–H and O–H groups in total. The first kappa shape index (κ1) is 10.1. The Morgan fingerprint density at radius 3 is 2.15 bits per heavy atom. The first-order chi connectivity index (χ1) is 6.10. The third-order valence-corrected chi connectivity index (χ3v) is 1.83. The quantitative estimate of drug-likeness (QED) is 0.680. The third kappa shape index (κ3) is 2.23. The first-order valence-corrected chi connectivity index (χ1v) is 3.94. The Balaban J connectivity index is 2.92. The molecular formula is C10H10F3. The lowest BCUT2D eigenvalue weighted by atomic mass is 10.1. The highest BCUT2D eigenvalue weighted by Gasteiger charge is 2.31. The van der Waals surface area contributed by atoms with Gasteiger partial charge in [-0.3, -0.25) is 0 Å². The van der Waals surface area contributed by atoms with Crippen molar-refractivity contribution >= 4 is 0 Å². The van der Waals surface area contributed by atoms with Crippen molar-refractivity contribution in [3.05, 3.63) is 41.8 Å². The number of alkyl halides is 3. The van der Waals surface area contributed by atoms with E-state index in [1.165, 1.54) is 12.1 Å². The maximum absolute atomic E-state index is 12.7.